The third-order valence-electron chi connectivity index (χ3n) is 6.96. The van der Waals surface area contributed by atoms with E-state index in [1.54, 1.807) is 0 Å². The average Bonchev–Trinajstić information content (AvgIpc) is 2.43. The molecular formula is C20H34O4. The van der Waals surface area contributed by atoms with Crippen molar-refractivity contribution in [3.8, 4) is 0 Å². The Bertz CT molecular complexity index is 510. The molecule has 1 saturated carbocycles. The molecule has 24 heavy (non-hydrogen) atoms. The van der Waals surface area contributed by atoms with Gasteiger partial charge in [0.05, 0.1) is 12.2 Å². The monoisotopic (exact) mass is 338 g/mol. The van der Waals surface area contributed by atoms with Gasteiger partial charge in [-0.15, -0.1) is 0 Å². The summed E-state index contributed by atoms with van der Waals surface area (Å²) in [4.78, 5) is 10.9. The number of aliphatic hydroxyl groups excluding tert-OH is 2. The molecule has 4 heteroatoms. The number of aliphatic hydroxyl groups is 2. The van der Waals surface area contributed by atoms with Gasteiger partial charge in [0.25, 0.3) is 0 Å². The van der Waals surface area contributed by atoms with Crippen LogP contribution in [-0.4, -0.2) is 33.5 Å². The fourth-order valence-electron chi connectivity index (χ4n) is 5.59. The minimum absolute atomic E-state index is 0.0517. The fourth-order valence-corrected chi connectivity index (χ4v) is 5.59. The number of fused-ring (bicyclic) bond motifs is 1. The zero-order valence-corrected chi connectivity index (χ0v) is 15.7. The minimum atomic E-state index is -0.736. The number of carbonyl (C=O) groups is 1. The summed E-state index contributed by atoms with van der Waals surface area (Å²) in [7, 11) is 0. The molecule has 138 valence electrons. The fraction of sp³-hybridized carbons (Fsp3) is 0.850. The van der Waals surface area contributed by atoms with Crippen LogP contribution in [0.15, 0.2) is 11.6 Å². The highest BCUT2D eigenvalue weighted by molar-refractivity contribution is 5.66. The van der Waals surface area contributed by atoms with E-state index in [1.165, 1.54) is 5.57 Å². The Balaban J connectivity index is 2.22. The van der Waals surface area contributed by atoms with Gasteiger partial charge in [0.15, 0.2) is 0 Å². The van der Waals surface area contributed by atoms with Crippen LogP contribution in [0.2, 0.25) is 0 Å². The number of carboxylic acid groups (broad SMARTS) is 1. The minimum Gasteiger partial charge on any atom is -0.481 e. The maximum absolute atomic E-state index is 10.9. The molecule has 2 aliphatic carbocycles. The van der Waals surface area contributed by atoms with Gasteiger partial charge in [0.1, 0.15) is 0 Å². The first kappa shape index (κ1) is 19.5. The quantitative estimate of drug-likeness (QED) is 0.669. The third kappa shape index (κ3) is 3.41. The largest absolute Gasteiger partial charge is 0.481 e. The second-order valence-corrected chi connectivity index (χ2v) is 9.11. The van der Waals surface area contributed by atoms with Gasteiger partial charge in [-0.05, 0) is 61.2 Å². The van der Waals surface area contributed by atoms with Crippen molar-refractivity contribution in [1.29, 1.82) is 0 Å². The van der Waals surface area contributed by atoms with E-state index in [0.29, 0.717) is 18.3 Å². The van der Waals surface area contributed by atoms with Crippen molar-refractivity contribution in [2.45, 2.75) is 78.9 Å². The van der Waals surface area contributed by atoms with Crippen LogP contribution in [-0.2, 0) is 4.79 Å². The van der Waals surface area contributed by atoms with Crippen molar-refractivity contribution in [2.75, 3.05) is 0 Å². The summed E-state index contributed by atoms with van der Waals surface area (Å²) in [6.45, 7) is 10.6. The van der Waals surface area contributed by atoms with Crippen molar-refractivity contribution < 1.29 is 20.1 Å². The molecule has 0 spiro atoms. The van der Waals surface area contributed by atoms with Crippen molar-refractivity contribution in [3.05, 3.63) is 11.6 Å². The standard InChI is InChI=1S/C20H34O4/c1-12(10-17(22)23)6-8-14-13(2)7-9-16-19(3,4)18(24)15(21)11-20(14,16)5/h7,12,14-16,18,21,24H,6,8-11H2,1-5H3,(H,22,23)/t12?,14-,15+,16?,18+,20+/m0/s1. The first-order valence-electron chi connectivity index (χ1n) is 9.24. The molecule has 0 bridgehead atoms. The summed E-state index contributed by atoms with van der Waals surface area (Å²) in [6, 6.07) is 0. The maximum atomic E-state index is 10.9. The molecule has 2 unspecified atom stereocenters. The Morgan fingerprint density at radius 2 is 1.96 bits per heavy atom. The predicted molar refractivity (Wildman–Crippen MR) is 94.5 cm³/mol. The molecule has 0 amide bonds. The number of hydrogen-bond acceptors (Lipinski definition) is 3. The van der Waals surface area contributed by atoms with E-state index in [-0.39, 0.29) is 23.2 Å². The molecule has 3 N–H and O–H groups in total. The highest BCUT2D eigenvalue weighted by Crippen LogP contribution is 2.60. The molecule has 6 atom stereocenters. The smallest absolute Gasteiger partial charge is 0.303 e. The normalized spacial score (nSPS) is 39.7. The van der Waals surface area contributed by atoms with Crippen LogP contribution in [0.3, 0.4) is 0 Å². The lowest BCUT2D eigenvalue weighted by atomic mass is 9.46. The van der Waals surface area contributed by atoms with E-state index in [1.807, 2.05) is 6.92 Å². The topological polar surface area (TPSA) is 77.8 Å². The number of allylic oxidation sites excluding steroid dienone is 2. The van der Waals surface area contributed by atoms with Crippen LogP contribution in [0.1, 0.15) is 66.7 Å². The molecule has 2 rings (SSSR count). The van der Waals surface area contributed by atoms with Crippen LogP contribution in [0.25, 0.3) is 0 Å². The molecule has 0 aliphatic heterocycles. The molecule has 1 fully saturated rings. The Morgan fingerprint density at radius 1 is 1.33 bits per heavy atom. The second kappa shape index (κ2) is 6.80. The van der Waals surface area contributed by atoms with Crippen LogP contribution >= 0.6 is 0 Å². The van der Waals surface area contributed by atoms with Crippen LogP contribution in [0.4, 0.5) is 0 Å². The lowest BCUT2D eigenvalue weighted by Gasteiger charge is -2.59. The van der Waals surface area contributed by atoms with Gasteiger partial charge in [-0.1, -0.05) is 39.3 Å². The summed E-state index contributed by atoms with van der Waals surface area (Å²) in [6.07, 6.45) is 4.52. The summed E-state index contributed by atoms with van der Waals surface area (Å²) >= 11 is 0. The summed E-state index contributed by atoms with van der Waals surface area (Å²) in [5, 5.41) is 29.9. The van der Waals surface area contributed by atoms with E-state index in [9.17, 15) is 15.0 Å². The van der Waals surface area contributed by atoms with Crippen molar-refractivity contribution >= 4 is 5.97 Å². The number of hydrogen-bond donors (Lipinski definition) is 3. The van der Waals surface area contributed by atoms with Crippen molar-refractivity contribution in [2.24, 2.45) is 28.6 Å². The van der Waals surface area contributed by atoms with Gasteiger partial charge < -0.3 is 15.3 Å². The Labute approximate surface area is 146 Å². The molecular weight excluding hydrogens is 304 g/mol. The van der Waals surface area contributed by atoms with Crippen LogP contribution in [0, 0.1) is 28.6 Å². The summed E-state index contributed by atoms with van der Waals surface area (Å²) < 4.78 is 0. The third-order valence-corrected chi connectivity index (χ3v) is 6.96. The zero-order chi connectivity index (χ0) is 18.3. The number of rotatable bonds is 5. The number of carboxylic acids is 1. The van der Waals surface area contributed by atoms with Gasteiger partial charge in [-0.25, -0.2) is 0 Å². The molecule has 0 heterocycles. The van der Waals surface area contributed by atoms with Crippen molar-refractivity contribution in [1.82, 2.24) is 0 Å². The maximum Gasteiger partial charge on any atom is 0.303 e. The average molecular weight is 338 g/mol. The predicted octanol–water partition coefficient (Wildman–Crippen LogP) is 3.62. The first-order valence-corrected chi connectivity index (χ1v) is 9.24. The summed E-state index contributed by atoms with van der Waals surface area (Å²) in [5.74, 6) is 0.0898. The van der Waals surface area contributed by atoms with Crippen molar-refractivity contribution in [3.63, 3.8) is 0 Å². The number of aliphatic carboxylic acids is 1. The molecule has 0 aromatic carbocycles. The lowest BCUT2D eigenvalue weighted by molar-refractivity contribution is -0.174. The summed E-state index contributed by atoms with van der Waals surface area (Å²) in [5.41, 5.74) is 0.981. The van der Waals surface area contributed by atoms with Crippen LogP contribution in [0.5, 0.6) is 0 Å². The highest BCUT2D eigenvalue weighted by Gasteiger charge is 2.57. The highest BCUT2D eigenvalue weighted by atomic mass is 16.4. The van der Waals surface area contributed by atoms with E-state index in [2.05, 4.69) is 33.8 Å². The first-order chi connectivity index (χ1) is 11.0. The zero-order valence-electron chi connectivity index (χ0n) is 15.7. The van der Waals surface area contributed by atoms with Crippen LogP contribution < -0.4 is 0 Å². The van der Waals surface area contributed by atoms with Gasteiger partial charge in [0, 0.05) is 6.42 Å². The SMILES string of the molecule is CC1=CCC2C(C)(C)[C@H](O)[C@H](O)C[C@]2(C)[C@H]1CCC(C)CC(=O)O. The van der Waals surface area contributed by atoms with E-state index >= 15 is 0 Å². The van der Waals surface area contributed by atoms with Gasteiger partial charge >= 0.3 is 5.97 Å². The van der Waals surface area contributed by atoms with E-state index < -0.39 is 18.2 Å². The molecule has 0 aromatic heterocycles. The molecule has 0 saturated heterocycles. The van der Waals surface area contributed by atoms with E-state index in [0.717, 1.165) is 19.3 Å². The molecule has 0 radical (unpaired) electrons. The Kier molecular flexibility index (Phi) is 5.51. The second-order valence-electron chi connectivity index (χ2n) is 9.11. The van der Waals surface area contributed by atoms with Gasteiger partial charge in [-0.2, -0.15) is 0 Å². The molecule has 0 aromatic rings. The Morgan fingerprint density at radius 3 is 2.54 bits per heavy atom. The van der Waals surface area contributed by atoms with Gasteiger partial charge in [-0.3, -0.25) is 4.79 Å². The molecule has 2 aliphatic rings. The Hall–Kier alpha value is -0.870. The van der Waals surface area contributed by atoms with Gasteiger partial charge in [0.2, 0.25) is 0 Å². The lowest BCUT2D eigenvalue weighted by Crippen LogP contribution is -2.59. The molecule has 4 nitrogen and oxygen atoms in total. The van der Waals surface area contributed by atoms with E-state index in [4.69, 9.17) is 5.11 Å².